The monoisotopic (exact) mass is 349 g/mol. The molecule has 6 heteroatoms. The molecule has 1 aromatic rings. The molecule has 0 saturated carbocycles. The highest BCUT2D eigenvalue weighted by Gasteiger charge is 2.29. The number of hydrogen-bond donors (Lipinski definition) is 0. The van der Waals surface area contributed by atoms with Crippen molar-refractivity contribution in [3.8, 4) is 0 Å². The normalized spacial score (nSPS) is 26.0. The standard InChI is InChI=1S/C19H35N5O/c1-15(17-20-18(21-25-17)19(2,3)4)24-12-10-23(11-13-24)14-16-8-6-7-9-22(16)5/h15-16H,6-14H2,1-5H3/t15-,16+/m1/s1. The van der Waals surface area contributed by atoms with Crippen LogP contribution < -0.4 is 0 Å². The van der Waals surface area contributed by atoms with Crippen LogP contribution in [0.2, 0.25) is 0 Å². The minimum Gasteiger partial charge on any atom is -0.338 e. The first-order valence-corrected chi connectivity index (χ1v) is 9.85. The second-order valence-electron chi connectivity index (χ2n) is 8.85. The summed E-state index contributed by atoms with van der Waals surface area (Å²) in [6.45, 7) is 15.4. The van der Waals surface area contributed by atoms with Gasteiger partial charge in [-0.1, -0.05) is 32.3 Å². The van der Waals surface area contributed by atoms with E-state index in [1.54, 1.807) is 0 Å². The highest BCUT2D eigenvalue weighted by atomic mass is 16.5. The molecule has 0 bridgehead atoms. The molecule has 2 aliphatic rings. The van der Waals surface area contributed by atoms with Gasteiger partial charge in [0.2, 0.25) is 5.89 Å². The van der Waals surface area contributed by atoms with Crippen molar-refractivity contribution in [2.45, 2.75) is 64.5 Å². The summed E-state index contributed by atoms with van der Waals surface area (Å²) in [7, 11) is 2.28. The van der Waals surface area contributed by atoms with Gasteiger partial charge in [-0.2, -0.15) is 4.98 Å². The summed E-state index contributed by atoms with van der Waals surface area (Å²) in [5, 5.41) is 4.18. The molecule has 0 aliphatic carbocycles. The van der Waals surface area contributed by atoms with Crippen LogP contribution >= 0.6 is 0 Å². The molecule has 6 nitrogen and oxygen atoms in total. The van der Waals surface area contributed by atoms with Crippen LogP contribution in [0.25, 0.3) is 0 Å². The van der Waals surface area contributed by atoms with Gasteiger partial charge in [0.25, 0.3) is 0 Å². The van der Waals surface area contributed by atoms with E-state index in [2.05, 4.69) is 59.6 Å². The van der Waals surface area contributed by atoms with Crippen molar-refractivity contribution in [2.75, 3.05) is 46.3 Å². The molecule has 0 amide bonds. The van der Waals surface area contributed by atoms with Crippen molar-refractivity contribution in [1.29, 1.82) is 0 Å². The molecular weight excluding hydrogens is 314 g/mol. The molecule has 0 radical (unpaired) electrons. The summed E-state index contributed by atoms with van der Waals surface area (Å²) in [6, 6.07) is 0.936. The molecule has 1 aromatic heterocycles. The van der Waals surface area contributed by atoms with Crippen molar-refractivity contribution in [1.82, 2.24) is 24.8 Å². The van der Waals surface area contributed by atoms with E-state index >= 15 is 0 Å². The fourth-order valence-corrected chi connectivity index (χ4v) is 3.87. The highest BCUT2D eigenvalue weighted by molar-refractivity contribution is 5.02. The van der Waals surface area contributed by atoms with Gasteiger partial charge >= 0.3 is 0 Å². The van der Waals surface area contributed by atoms with Crippen molar-refractivity contribution in [2.24, 2.45) is 0 Å². The maximum absolute atomic E-state index is 5.55. The van der Waals surface area contributed by atoms with Gasteiger partial charge in [0.15, 0.2) is 5.82 Å². The van der Waals surface area contributed by atoms with Crippen molar-refractivity contribution < 1.29 is 4.52 Å². The molecule has 3 rings (SSSR count). The highest BCUT2D eigenvalue weighted by Crippen LogP contribution is 2.25. The zero-order valence-electron chi connectivity index (χ0n) is 16.7. The lowest BCUT2D eigenvalue weighted by atomic mass is 9.96. The van der Waals surface area contributed by atoms with E-state index in [1.165, 1.54) is 32.4 Å². The second kappa shape index (κ2) is 7.72. The summed E-state index contributed by atoms with van der Waals surface area (Å²) < 4.78 is 5.55. The number of piperazine rings is 1. The Morgan fingerprint density at radius 2 is 1.84 bits per heavy atom. The number of nitrogens with zero attached hydrogens (tertiary/aromatic N) is 5. The van der Waals surface area contributed by atoms with Crippen LogP contribution in [0.3, 0.4) is 0 Å². The Morgan fingerprint density at radius 3 is 2.44 bits per heavy atom. The van der Waals surface area contributed by atoms with Gasteiger partial charge in [0.1, 0.15) is 0 Å². The van der Waals surface area contributed by atoms with Crippen LogP contribution in [0.5, 0.6) is 0 Å². The maximum Gasteiger partial charge on any atom is 0.243 e. The SMILES string of the molecule is C[C@H](c1nc(C(C)(C)C)no1)N1CCN(C[C@@H]2CCCCN2C)CC1. The Bertz CT molecular complexity index is 544. The van der Waals surface area contributed by atoms with E-state index in [0.29, 0.717) is 0 Å². The molecular formula is C19H35N5O. The number of aromatic nitrogens is 2. The lowest BCUT2D eigenvalue weighted by Gasteiger charge is -2.41. The molecule has 2 fully saturated rings. The van der Waals surface area contributed by atoms with E-state index in [-0.39, 0.29) is 11.5 Å². The maximum atomic E-state index is 5.55. The molecule has 2 saturated heterocycles. The van der Waals surface area contributed by atoms with E-state index in [4.69, 9.17) is 4.52 Å². The molecule has 0 aromatic carbocycles. The van der Waals surface area contributed by atoms with Crippen LogP contribution in [-0.4, -0.2) is 77.2 Å². The topological polar surface area (TPSA) is 48.6 Å². The van der Waals surface area contributed by atoms with Crippen LogP contribution in [0.15, 0.2) is 4.52 Å². The summed E-state index contributed by atoms with van der Waals surface area (Å²) in [5.74, 6) is 1.55. The fraction of sp³-hybridized carbons (Fsp3) is 0.895. The molecule has 2 atom stereocenters. The van der Waals surface area contributed by atoms with Crippen LogP contribution in [-0.2, 0) is 5.41 Å². The average molecular weight is 350 g/mol. The third kappa shape index (κ3) is 4.60. The zero-order chi connectivity index (χ0) is 18.0. The zero-order valence-corrected chi connectivity index (χ0v) is 16.7. The first-order chi connectivity index (χ1) is 11.8. The van der Waals surface area contributed by atoms with Crippen molar-refractivity contribution in [3.63, 3.8) is 0 Å². The van der Waals surface area contributed by atoms with Gasteiger partial charge in [-0.15, -0.1) is 0 Å². The van der Waals surface area contributed by atoms with Gasteiger partial charge in [-0.25, -0.2) is 0 Å². The Kier molecular flexibility index (Phi) is 5.81. The lowest BCUT2D eigenvalue weighted by molar-refractivity contribution is 0.0613. The average Bonchev–Trinajstić information content (AvgIpc) is 3.07. The summed E-state index contributed by atoms with van der Waals surface area (Å²) >= 11 is 0. The minimum absolute atomic E-state index is 0.0633. The molecule has 2 aliphatic heterocycles. The third-order valence-corrected chi connectivity index (χ3v) is 5.82. The summed E-state index contributed by atoms with van der Waals surface area (Å²) in [4.78, 5) is 12.3. The predicted octanol–water partition coefficient (Wildman–Crippen LogP) is 2.53. The molecule has 0 spiro atoms. The first kappa shape index (κ1) is 18.8. The number of rotatable bonds is 4. The molecule has 25 heavy (non-hydrogen) atoms. The third-order valence-electron chi connectivity index (χ3n) is 5.82. The molecule has 0 N–H and O–H groups in total. The van der Waals surface area contributed by atoms with Crippen LogP contribution in [0.4, 0.5) is 0 Å². The van der Waals surface area contributed by atoms with Crippen molar-refractivity contribution >= 4 is 0 Å². The van der Waals surface area contributed by atoms with Crippen molar-refractivity contribution in [3.05, 3.63) is 11.7 Å². The first-order valence-electron chi connectivity index (χ1n) is 9.85. The van der Waals surface area contributed by atoms with E-state index < -0.39 is 0 Å². The smallest absolute Gasteiger partial charge is 0.243 e. The van der Waals surface area contributed by atoms with Crippen LogP contribution in [0.1, 0.15) is 64.7 Å². The lowest BCUT2D eigenvalue weighted by Crippen LogP contribution is -2.52. The Morgan fingerprint density at radius 1 is 1.12 bits per heavy atom. The number of hydrogen-bond acceptors (Lipinski definition) is 6. The van der Waals surface area contributed by atoms with E-state index in [0.717, 1.165) is 43.9 Å². The number of likely N-dealkylation sites (N-methyl/N-ethyl adjacent to an activating group) is 1. The Balaban J connectivity index is 1.50. The van der Waals surface area contributed by atoms with E-state index in [1.807, 2.05) is 0 Å². The largest absolute Gasteiger partial charge is 0.338 e. The van der Waals surface area contributed by atoms with Gasteiger partial charge in [0, 0.05) is 44.2 Å². The van der Waals surface area contributed by atoms with Gasteiger partial charge in [-0.05, 0) is 33.4 Å². The molecule has 3 heterocycles. The summed E-state index contributed by atoms with van der Waals surface area (Å²) in [5.41, 5.74) is -0.0633. The van der Waals surface area contributed by atoms with Crippen LogP contribution in [0, 0.1) is 0 Å². The van der Waals surface area contributed by atoms with Gasteiger partial charge in [0.05, 0.1) is 6.04 Å². The van der Waals surface area contributed by atoms with Gasteiger partial charge < -0.3 is 9.42 Å². The quantitative estimate of drug-likeness (QED) is 0.832. The Hall–Kier alpha value is -0.980. The van der Waals surface area contributed by atoms with E-state index in [9.17, 15) is 0 Å². The Labute approximate surface area is 152 Å². The molecule has 142 valence electrons. The number of likely N-dealkylation sites (tertiary alicyclic amines) is 1. The molecule has 0 unspecified atom stereocenters. The predicted molar refractivity (Wildman–Crippen MR) is 99.7 cm³/mol. The summed E-state index contributed by atoms with van der Waals surface area (Å²) in [6.07, 6.45) is 4.10. The number of piperidine rings is 1. The minimum atomic E-state index is -0.0633. The van der Waals surface area contributed by atoms with Gasteiger partial charge in [-0.3, -0.25) is 9.80 Å². The second-order valence-corrected chi connectivity index (χ2v) is 8.85. The fourth-order valence-electron chi connectivity index (χ4n) is 3.87.